The standard InChI is InChI=1S/C19H19Cl2N5O2/c1-3-25(11-17(27)22-18-13(20)6-5-7-14(18)21)19(28)12-8-9-16-15(10-12)23-24-26(16)4-2/h5-10H,3-4,11H2,1-2H3,(H,22,27). The van der Waals surface area contributed by atoms with Gasteiger partial charge in [-0.15, -0.1) is 5.10 Å². The van der Waals surface area contributed by atoms with Gasteiger partial charge in [-0.1, -0.05) is 34.5 Å². The van der Waals surface area contributed by atoms with Gasteiger partial charge in [-0.2, -0.15) is 0 Å². The minimum atomic E-state index is -0.386. The second kappa shape index (κ2) is 8.58. The number of carbonyl (C=O) groups excluding carboxylic acids is 2. The van der Waals surface area contributed by atoms with E-state index < -0.39 is 0 Å². The highest BCUT2D eigenvalue weighted by molar-refractivity contribution is 6.39. The summed E-state index contributed by atoms with van der Waals surface area (Å²) >= 11 is 12.2. The number of hydrogen-bond donors (Lipinski definition) is 1. The zero-order chi connectivity index (χ0) is 20.3. The van der Waals surface area contributed by atoms with Gasteiger partial charge in [0, 0.05) is 18.7 Å². The minimum absolute atomic E-state index is 0.128. The molecule has 2 aromatic carbocycles. The maximum absolute atomic E-state index is 12.9. The molecule has 0 aliphatic rings. The van der Waals surface area contributed by atoms with Crippen molar-refractivity contribution in [2.45, 2.75) is 20.4 Å². The Balaban J connectivity index is 1.75. The minimum Gasteiger partial charge on any atom is -0.330 e. The first-order valence-electron chi connectivity index (χ1n) is 8.81. The molecule has 0 bridgehead atoms. The Morgan fingerprint density at radius 3 is 2.50 bits per heavy atom. The largest absolute Gasteiger partial charge is 0.330 e. The van der Waals surface area contributed by atoms with Gasteiger partial charge in [0.25, 0.3) is 5.91 Å². The lowest BCUT2D eigenvalue weighted by Crippen LogP contribution is -2.38. The number of nitrogens with zero attached hydrogens (tertiary/aromatic N) is 4. The fourth-order valence-corrected chi connectivity index (χ4v) is 3.31. The number of benzene rings is 2. The van der Waals surface area contributed by atoms with E-state index in [0.717, 1.165) is 5.52 Å². The highest BCUT2D eigenvalue weighted by atomic mass is 35.5. The SMILES string of the molecule is CCN(CC(=O)Nc1c(Cl)cccc1Cl)C(=O)c1ccc2c(c1)nnn2CC. The molecule has 0 aliphatic carbocycles. The lowest BCUT2D eigenvalue weighted by Gasteiger charge is -2.21. The first-order chi connectivity index (χ1) is 13.4. The van der Waals surface area contributed by atoms with E-state index in [1.807, 2.05) is 13.0 Å². The Hall–Kier alpha value is -2.64. The van der Waals surface area contributed by atoms with Gasteiger partial charge in [0.15, 0.2) is 0 Å². The Morgan fingerprint density at radius 2 is 1.86 bits per heavy atom. The summed E-state index contributed by atoms with van der Waals surface area (Å²) in [6, 6.07) is 10.2. The number of halogens is 2. The van der Waals surface area contributed by atoms with E-state index in [9.17, 15) is 9.59 Å². The molecule has 9 heteroatoms. The smallest absolute Gasteiger partial charge is 0.254 e. The van der Waals surface area contributed by atoms with Gasteiger partial charge in [-0.05, 0) is 44.2 Å². The van der Waals surface area contributed by atoms with Crippen molar-refractivity contribution in [3.05, 3.63) is 52.0 Å². The van der Waals surface area contributed by atoms with Gasteiger partial charge >= 0.3 is 0 Å². The zero-order valence-corrected chi connectivity index (χ0v) is 17.0. The van der Waals surface area contributed by atoms with E-state index in [1.54, 1.807) is 41.9 Å². The summed E-state index contributed by atoms with van der Waals surface area (Å²) in [7, 11) is 0. The van der Waals surface area contributed by atoms with Crippen molar-refractivity contribution in [1.82, 2.24) is 19.9 Å². The van der Waals surface area contributed by atoms with E-state index >= 15 is 0 Å². The van der Waals surface area contributed by atoms with Gasteiger partial charge in [-0.3, -0.25) is 9.59 Å². The summed E-state index contributed by atoms with van der Waals surface area (Å²) in [6.07, 6.45) is 0. The Kier molecular flexibility index (Phi) is 6.16. The van der Waals surface area contributed by atoms with Crippen molar-refractivity contribution >= 4 is 51.7 Å². The summed E-state index contributed by atoms with van der Waals surface area (Å²) in [5.41, 5.74) is 2.27. The molecule has 0 atom stereocenters. The first-order valence-corrected chi connectivity index (χ1v) is 9.56. The summed E-state index contributed by atoms with van der Waals surface area (Å²) in [4.78, 5) is 26.7. The predicted octanol–water partition coefficient (Wildman–Crippen LogP) is 3.86. The first kappa shape index (κ1) is 20.1. The van der Waals surface area contributed by atoms with Crippen molar-refractivity contribution < 1.29 is 9.59 Å². The molecule has 0 fully saturated rings. The molecular formula is C19H19Cl2N5O2. The van der Waals surface area contributed by atoms with Crippen molar-refractivity contribution in [3.63, 3.8) is 0 Å². The zero-order valence-electron chi connectivity index (χ0n) is 15.4. The van der Waals surface area contributed by atoms with Gasteiger partial charge in [-0.25, -0.2) is 4.68 Å². The van der Waals surface area contributed by atoms with Crippen molar-refractivity contribution in [3.8, 4) is 0 Å². The number of aromatic nitrogens is 3. The van der Waals surface area contributed by atoms with E-state index in [4.69, 9.17) is 23.2 Å². The molecule has 0 saturated heterocycles. The molecule has 1 aromatic heterocycles. The van der Waals surface area contributed by atoms with Crippen LogP contribution in [0.5, 0.6) is 0 Å². The van der Waals surface area contributed by atoms with Crippen LogP contribution in [0.3, 0.4) is 0 Å². The molecule has 7 nitrogen and oxygen atoms in total. The third kappa shape index (κ3) is 4.10. The second-order valence-electron chi connectivity index (χ2n) is 6.07. The number of nitrogens with one attached hydrogen (secondary N) is 1. The van der Waals surface area contributed by atoms with Gasteiger partial charge in [0.2, 0.25) is 5.91 Å². The number of fused-ring (bicyclic) bond motifs is 1. The molecule has 1 N–H and O–H groups in total. The van der Waals surface area contributed by atoms with Crippen LogP contribution in [0.2, 0.25) is 10.0 Å². The third-order valence-corrected chi connectivity index (χ3v) is 4.92. The molecule has 28 heavy (non-hydrogen) atoms. The summed E-state index contributed by atoms with van der Waals surface area (Å²) in [6.45, 7) is 4.70. The molecule has 0 radical (unpaired) electrons. The molecule has 0 saturated carbocycles. The number of hydrogen-bond acceptors (Lipinski definition) is 4. The van der Waals surface area contributed by atoms with Crippen LogP contribution in [0.15, 0.2) is 36.4 Å². The molecule has 0 spiro atoms. The van der Waals surface area contributed by atoms with Crippen LogP contribution in [0.4, 0.5) is 5.69 Å². The fraction of sp³-hybridized carbons (Fsp3) is 0.263. The van der Waals surface area contributed by atoms with Crippen molar-refractivity contribution in [1.29, 1.82) is 0 Å². The number of para-hydroxylation sites is 1. The fourth-order valence-electron chi connectivity index (χ4n) is 2.82. The van der Waals surface area contributed by atoms with E-state index in [2.05, 4.69) is 15.6 Å². The van der Waals surface area contributed by atoms with Crippen LogP contribution in [0.1, 0.15) is 24.2 Å². The van der Waals surface area contributed by atoms with E-state index in [-0.39, 0.29) is 18.4 Å². The van der Waals surface area contributed by atoms with Crippen LogP contribution in [-0.2, 0) is 11.3 Å². The molecule has 2 amide bonds. The molecule has 3 aromatic rings. The number of aryl methyl sites for hydroxylation is 1. The van der Waals surface area contributed by atoms with Crippen molar-refractivity contribution in [2.24, 2.45) is 0 Å². The summed E-state index contributed by atoms with van der Waals surface area (Å²) in [5, 5.41) is 11.5. The lowest BCUT2D eigenvalue weighted by atomic mass is 10.1. The number of amides is 2. The van der Waals surface area contributed by atoms with Gasteiger partial charge < -0.3 is 10.2 Å². The quantitative estimate of drug-likeness (QED) is 0.657. The highest BCUT2D eigenvalue weighted by Gasteiger charge is 2.19. The van der Waals surface area contributed by atoms with Crippen LogP contribution in [0, 0.1) is 0 Å². The number of rotatable bonds is 6. The monoisotopic (exact) mass is 419 g/mol. The molecule has 0 aliphatic heterocycles. The Bertz CT molecular complexity index is 1010. The molecule has 3 rings (SSSR count). The maximum atomic E-state index is 12.9. The van der Waals surface area contributed by atoms with Crippen molar-refractivity contribution in [2.75, 3.05) is 18.4 Å². The predicted molar refractivity (Wildman–Crippen MR) is 110 cm³/mol. The summed E-state index contributed by atoms with van der Waals surface area (Å²) < 4.78 is 1.75. The molecule has 0 unspecified atom stereocenters. The Labute approximate surface area is 172 Å². The number of likely N-dealkylation sites (N-methyl/N-ethyl adjacent to an activating group) is 1. The van der Waals surface area contributed by atoms with Gasteiger partial charge in [0.1, 0.15) is 12.1 Å². The summed E-state index contributed by atoms with van der Waals surface area (Å²) in [5.74, 6) is -0.654. The average molecular weight is 420 g/mol. The second-order valence-corrected chi connectivity index (χ2v) is 6.89. The van der Waals surface area contributed by atoms with Crippen LogP contribution in [-0.4, -0.2) is 44.8 Å². The molecule has 1 heterocycles. The number of carbonyl (C=O) groups is 2. The van der Waals surface area contributed by atoms with Crippen LogP contribution < -0.4 is 5.32 Å². The maximum Gasteiger partial charge on any atom is 0.254 e. The third-order valence-electron chi connectivity index (χ3n) is 4.29. The normalized spacial score (nSPS) is 10.9. The highest BCUT2D eigenvalue weighted by Crippen LogP contribution is 2.29. The van der Waals surface area contributed by atoms with Crippen LogP contribution in [0.25, 0.3) is 11.0 Å². The molecule has 146 valence electrons. The topological polar surface area (TPSA) is 80.1 Å². The average Bonchev–Trinajstić information content (AvgIpc) is 3.10. The van der Waals surface area contributed by atoms with E-state index in [1.165, 1.54) is 4.90 Å². The number of anilines is 1. The molecular weight excluding hydrogens is 401 g/mol. The van der Waals surface area contributed by atoms with E-state index in [0.29, 0.717) is 39.9 Å². The Morgan fingerprint density at radius 1 is 1.14 bits per heavy atom. The van der Waals surface area contributed by atoms with Gasteiger partial charge in [0.05, 0.1) is 21.2 Å². The lowest BCUT2D eigenvalue weighted by molar-refractivity contribution is -0.116. The van der Waals surface area contributed by atoms with Crippen LogP contribution >= 0.6 is 23.2 Å².